The van der Waals surface area contributed by atoms with Gasteiger partial charge in [-0.05, 0) is 7.05 Å². The Hall–Kier alpha value is -1.36. The number of phenols is 1. The van der Waals surface area contributed by atoms with Crippen LogP contribution in [0.4, 0.5) is 8.78 Å². The molecule has 2 N–H and O–H groups in total. The summed E-state index contributed by atoms with van der Waals surface area (Å²) in [7, 11) is 2.80. The van der Waals surface area contributed by atoms with Gasteiger partial charge in [0.25, 0.3) is 0 Å². The van der Waals surface area contributed by atoms with Gasteiger partial charge in [0, 0.05) is 18.2 Å². The number of rotatable bonds is 3. The minimum absolute atomic E-state index is 0.00856. The highest BCUT2D eigenvalue weighted by Crippen LogP contribution is 2.34. The molecule has 0 atom stereocenters. The van der Waals surface area contributed by atoms with Gasteiger partial charge >= 0.3 is 0 Å². The number of ether oxygens (including phenoxy) is 1. The lowest BCUT2D eigenvalue weighted by Crippen LogP contribution is -2.08. The van der Waals surface area contributed by atoms with E-state index in [0.29, 0.717) is 6.07 Å². The second kappa shape index (κ2) is 4.23. The molecule has 3 nitrogen and oxygen atoms in total. The van der Waals surface area contributed by atoms with Gasteiger partial charge in [-0.1, -0.05) is 0 Å². The van der Waals surface area contributed by atoms with Crippen molar-refractivity contribution in [3.05, 3.63) is 23.3 Å². The highest BCUT2D eigenvalue weighted by atomic mass is 19.1. The van der Waals surface area contributed by atoms with E-state index in [0.717, 1.165) is 0 Å². The molecular formula is C9H11F2NO2. The van der Waals surface area contributed by atoms with Gasteiger partial charge in [0.05, 0.1) is 7.11 Å². The van der Waals surface area contributed by atoms with Crippen LogP contribution in [0.5, 0.6) is 11.5 Å². The summed E-state index contributed by atoms with van der Waals surface area (Å²) in [4.78, 5) is 0. The molecule has 0 aliphatic rings. The summed E-state index contributed by atoms with van der Waals surface area (Å²) in [5.41, 5.74) is -0.00856. The van der Waals surface area contributed by atoms with Gasteiger partial charge in [-0.2, -0.15) is 0 Å². The Morgan fingerprint density at radius 2 is 2.07 bits per heavy atom. The first-order valence-corrected chi connectivity index (χ1v) is 4.00. The van der Waals surface area contributed by atoms with Crippen molar-refractivity contribution in [2.24, 2.45) is 0 Å². The van der Waals surface area contributed by atoms with Crippen molar-refractivity contribution in [2.75, 3.05) is 14.2 Å². The first kappa shape index (κ1) is 10.7. The third-order valence-corrected chi connectivity index (χ3v) is 1.82. The van der Waals surface area contributed by atoms with E-state index in [2.05, 4.69) is 10.1 Å². The highest BCUT2D eigenvalue weighted by Gasteiger charge is 2.17. The molecule has 0 aromatic heterocycles. The van der Waals surface area contributed by atoms with Crippen LogP contribution in [-0.2, 0) is 6.54 Å². The fourth-order valence-electron chi connectivity index (χ4n) is 1.17. The van der Waals surface area contributed by atoms with E-state index in [1.54, 1.807) is 7.05 Å². The summed E-state index contributed by atoms with van der Waals surface area (Å²) in [6.45, 7) is 0.105. The summed E-state index contributed by atoms with van der Waals surface area (Å²) in [6, 6.07) is 0.686. The predicted octanol–water partition coefficient (Wildman–Crippen LogP) is 1.40. The van der Waals surface area contributed by atoms with Crippen LogP contribution in [-0.4, -0.2) is 19.3 Å². The van der Waals surface area contributed by atoms with Crippen LogP contribution in [0.1, 0.15) is 5.56 Å². The maximum atomic E-state index is 13.1. The van der Waals surface area contributed by atoms with Crippen LogP contribution in [0, 0.1) is 11.6 Å². The van der Waals surface area contributed by atoms with Crippen molar-refractivity contribution in [1.82, 2.24) is 5.32 Å². The Morgan fingerprint density at radius 3 is 2.57 bits per heavy atom. The zero-order chi connectivity index (χ0) is 10.7. The summed E-state index contributed by atoms with van der Waals surface area (Å²) in [5.74, 6) is -2.55. The number of aromatic hydroxyl groups is 1. The minimum atomic E-state index is -0.914. The third kappa shape index (κ3) is 1.77. The van der Waals surface area contributed by atoms with Crippen molar-refractivity contribution in [3.8, 4) is 11.5 Å². The third-order valence-electron chi connectivity index (χ3n) is 1.82. The van der Waals surface area contributed by atoms with Gasteiger partial charge in [0.1, 0.15) is 5.82 Å². The summed E-state index contributed by atoms with van der Waals surface area (Å²) in [5, 5.41) is 12.1. The fraction of sp³-hybridized carbons (Fsp3) is 0.333. The van der Waals surface area contributed by atoms with E-state index in [1.165, 1.54) is 7.11 Å². The van der Waals surface area contributed by atoms with Crippen LogP contribution < -0.4 is 10.1 Å². The number of nitrogens with one attached hydrogen (secondary N) is 1. The lowest BCUT2D eigenvalue weighted by molar-refractivity contribution is 0.343. The molecule has 14 heavy (non-hydrogen) atoms. The molecule has 0 bridgehead atoms. The smallest absolute Gasteiger partial charge is 0.197 e. The first-order chi connectivity index (χ1) is 6.61. The molecule has 0 radical (unpaired) electrons. The van der Waals surface area contributed by atoms with E-state index < -0.39 is 17.4 Å². The maximum absolute atomic E-state index is 13.1. The second-order valence-corrected chi connectivity index (χ2v) is 2.73. The Morgan fingerprint density at radius 1 is 1.43 bits per heavy atom. The topological polar surface area (TPSA) is 41.5 Å². The molecule has 0 aliphatic carbocycles. The Balaban J connectivity index is 3.28. The molecule has 0 saturated carbocycles. The van der Waals surface area contributed by atoms with E-state index in [4.69, 9.17) is 0 Å². The largest absolute Gasteiger partial charge is 0.504 e. The lowest BCUT2D eigenvalue weighted by Gasteiger charge is -2.10. The van der Waals surface area contributed by atoms with Gasteiger partial charge in [0.2, 0.25) is 0 Å². The summed E-state index contributed by atoms with van der Waals surface area (Å²) in [6.07, 6.45) is 0. The molecular weight excluding hydrogens is 192 g/mol. The van der Waals surface area contributed by atoms with Crippen LogP contribution >= 0.6 is 0 Å². The monoisotopic (exact) mass is 203 g/mol. The van der Waals surface area contributed by atoms with Gasteiger partial charge in [-0.3, -0.25) is 0 Å². The lowest BCUT2D eigenvalue weighted by atomic mass is 10.1. The van der Waals surface area contributed by atoms with Crippen molar-refractivity contribution in [1.29, 1.82) is 0 Å². The van der Waals surface area contributed by atoms with Gasteiger partial charge < -0.3 is 15.2 Å². The van der Waals surface area contributed by atoms with Crippen molar-refractivity contribution in [2.45, 2.75) is 6.54 Å². The average molecular weight is 203 g/mol. The molecule has 1 aromatic rings. The zero-order valence-corrected chi connectivity index (χ0v) is 7.90. The van der Waals surface area contributed by atoms with Gasteiger partial charge in [-0.25, -0.2) is 8.78 Å². The number of halogens is 2. The van der Waals surface area contributed by atoms with Crippen molar-refractivity contribution in [3.63, 3.8) is 0 Å². The van der Waals surface area contributed by atoms with Crippen molar-refractivity contribution < 1.29 is 18.6 Å². The number of hydrogen-bond donors (Lipinski definition) is 2. The standard InChI is InChI=1S/C9H11F2NO2/c1-12-4-5-6(10)3-7(11)9(14-2)8(5)13/h3,12-13H,4H2,1-2H3. The molecule has 78 valence electrons. The molecule has 0 saturated heterocycles. The second-order valence-electron chi connectivity index (χ2n) is 2.73. The predicted molar refractivity (Wildman–Crippen MR) is 47.3 cm³/mol. The maximum Gasteiger partial charge on any atom is 0.197 e. The van der Waals surface area contributed by atoms with E-state index >= 15 is 0 Å². The van der Waals surface area contributed by atoms with Crippen LogP contribution in [0.3, 0.4) is 0 Å². The highest BCUT2D eigenvalue weighted by molar-refractivity contribution is 5.47. The minimum Gasteiger partial charge on any atom is -0.504 e. The van der Waals surface area contributed by atoms with Gasteiger partial charge in [-0.15, -0.1) is 0 Å². The quantitative estimate of drug-likeness (QED) is 0.780. The Labute approximate surface area is 80.3 Å². The fourth-order valence-corrected chi connectivity index (χ4v) is 1.17. The zero-order valence-electron chi connectivity index (χ0n) is 7.90. The van der Waals surface area contributed by atoms with Gasteiger partial charge in [0.15, 0.2) is 17.3 Å². The molecule has 5 heteroatoms. The van der Waals surface area contributed by atoms with E-state index in [1.807, 2.05) is 0 Å². The molecule has 0 aliphatic heterocycles. The molecule has 0 fully saturated rings. The normalized spacial score (nSPS) is 10.3. The van der Waals surface area contributed by atoms with Crippen LogP contribution in [0.2, 0.25) is 0 Å². The Bertz CT molecular complexity index is 342. The van der Waals surface area contributed by atoms with Crippen molar-refractivity contribution >= 4 is 0 Å². The van der Waals surface area contributed by atoms with Crippen LogP contribution in [0.25, 0.3) is 0 Å². The average Bonchev–Trinajstić information content (AvgIpc) is 2.12. The molecule has 0 heterocycles. The number of hydrogen-bond acceptors (Lipinski definition) is 3. The summed E-state index contributed by atoms with van der Waals surface area (Å²) < 4.78 is 30.7. The molecule has 0 amide bonds. The van der Waals surface area contributed by atoms with E-state index in [-0.39, 0.29) is 17.9 Å². The molecule has 1 aromatic carbocycles. The Kier molecular flexibility index (Phi) is 3.24. The molecule has 0 spiro atoms. The number of methoxy groups -OCH3 is 1. The number of phenolic OH excluding ortho intramolecular Hbond substituents is 1. The SMILES string of the molecule is CNCc1c(F)cc(F)c(OC)c1O. The molecule has 1 rings (SSSR count). The van der Waals surface area contributed by atoms with E-state index in [9.17, 15) is 13.9 Å². The molecule has 0 unspecified atom stereocenters. The summed E-state index contributed by atoms with van der Waals surface area (Å²) >= 11 is 0. The number of benzene rings is 1. The first-order valence-electron chi connectivity index (χ1n) is 4.00. The van der Waals surface area contributed by atoms with Crippen LogP contribution in [0.15, 0.2) is 6.07 Å².